The second kappa shape index (κ2) is 11.3. The minimum absolute atomic E-state index is 0. The number of alkyl halides is 3. The van der Waals surface area contributed by atoms with Gasteiger partial charge in [0.15, 0.2) is 5.96 Å². The van der Waals surface area contributed by atoms with Crippen LogP contribution in [0, 0.1) is 5.92 Å². The second-order valence-corrected chi connectivity index (χ2v) is 5.59. The van der Waals surface area contributed by atoms with Gasteiger partial charge in [0.2, 0.25) is 0 Å². The normalized spacial score (nSPS) is 19.9. The lowest BCUT2D eigenvalue weighted by Crippen LogP contribution is -2.41. The Morgan fingerprint density at radius 1 is 1.27 bits per heavy atom. The number of rotatable bonds is 7. The molecular formula is C14H28F3IN4. The Morgan fingerprint density at radius 2 is 2.00 bits per heavy atom. The van der Waals surface area contributed by atoms with E-state index in [0.29, 0.717) is 19.6 Å². The number of likely N-dealkylation sites (tertiary alicyclic amines) is 1. The van der Waals surface area contributed by atoms with Gasteiger partial charge in [-0.2, -0.15) is 13.2 Å². The molecule has 0 amide bonds. The van der Waals surface area contributed by atoms with E-state index in [-0.39, 0.29) is 29.9 Å². The van der Waals surface area contributed by atoms with Crippen molar-refractivity contribution in [1.29, 1.82) is 0 Å². The molecule has 8 heteroatoms. The summed E-state index contributed by atoms with van der Waals surface area (Å²) in [7, 11) is 1.71. The van der Waals surface area contributed by atoms with E-state index >= 15 is 0 Å². The zero-order valence-electron chi connectivity index (χ0n) is 13.4. The first-order valence-electron chi connectivity index (χ1n) is 7.68. The molecule has 2 N–H and O–H groups in total. The SMILES string of the molecule is CCCCCNC(=NC)NCC1CCN(CC(F)(F)F)C1.I. The molecule has 1 aliphatic rings. The maximum absolute atomic E-state index is 12.3. The molecule has 1 rings (SSSR count). The number of guanidine groups is 1. The number of halogens is 4. The van der Waals surface area contributed by atoms with Crippen LogP contribution in [0.1, 0.15) is 32.6 Å². The highest BCUT2D eigenvalue weighted by atomic mass is 127. The van der Waals surface area contributed by atoms with Gasteiger partial charge in [-0.3, -0.25) is 9.89 Å². The molecule has 1 saturated heterocycles. The molecule has 1 aliphatic heterocycles. The minimum Gasteiger partial charge on any atom is -0.356 e. The van der Waals surface area contributed by atoms with Gasteiger partial charge in [-0.1, -0.05) is 19.8 Å². The van der Waals surface area contributed by atoms with E-state index in [1.165, 1.54) is 17.7 Å². The van der Waals surface area contributed by atoms with Gasteiger partial charge < -0.3 is 10.6 Å². The van der Waals surface area contributed by atoms with Crippen LogP contribution in [-0.2, 0) is 0 Å². The molecule has 0 aromatic heterocycles. The first-order chi connectivity index (χ1) is 9.94. The van der Waals surface area contributed by atoms with Crippen molar-refractivity contribution >= 4 is 29.9 Å². The quantitative estimate of drug-likeness (QED) is 0.279. The third kappa shape index (κ3) is 9.70. The summed E-state index contributed by atoms with van der Waals surface area (Å²) in [5.41, 5.74) is 0. The summed E-state index contributed by atoms with van der Waals surface area (Å²) in [6.07, 6.45) is 0.152. The van der Waals surface area contributed by atoms with Crippen LogP contribution in [-0.4, -0.2) is 56.8 Å². The average Bonchev–Trinajstić information content (AvgIpc) is 2.83. The first-order valence-corrected chi connectivity index (χ1v) is 7.68. The lowest BCUT2D eigenvalue weighted by molar-refractivity contribution is -0.143. The smallest absolute Gasteiger partial charge is 0.356 e. The summed E-state index contributed by atoms with van der Waals surface area (Å²) in [6, 6.07) is 0. The molecule has 4 nitrogen and oxygen atoms in total. The number of aliphatic imine (C=N–C) groups is 1. The number of hydrogen-bond acceptors (Lipinski definition) is 2. The van der Waals surface area contributed by atoms with Gasteiger partial charge in [0, 0.05) is 26.7 Å². The molecule has 1 heterocycles. The van der Waals surface area contributed by atoms with Crippen molar-refractivity contribution in [2.24, 2.45) is 10.9 Å². The summed E-state index contributed by atoms with van der Waals surface area (Å²) < 4.78 is 37.0. The fourth-order valence-electron chi connectivity index (χ4n) is 2.52. The third-order valence-corrected chi connectivity index (χ3v) is 3.63. The van der Waals surface area contributed by atoms with Crippen LogP contribution in [0.15, 0.2) is 4.99 Å². The third-order valence-electron chi connectivity index (χ3n) is 3.63. The van der Waals surface area contributed by atoms with Gasteiger partial charge in [-0.15, -0.1) is 24.0 Å². The van der Waals surface area contributed by atoms with Crippen molar-refractivity contribution in [2.45, 2.75) is 38.8 Å². The molecule has 0 bridgehead atoms. The van der Waals surface area contributed by atoms with Crippen LogP contribution in [0.3, 0.4) is 0 Å². The molecule has 0 spiro atoms. The summed E-state index contributed by atoms with van der Waals surface area (Å²) in [4.78, 5) is 5.60. The predicted molar refractivity (Wildman–Crippen MR) is 94.9 cm³/mol. The van der Waals surface area contributed by atoms with E-state index in [9.17, 15) is 13.2 Å². The van der Waals surface area contributed by atoms with Crippen LogP contribution in [0.4, 0.5) is 13.2 Å². The highest BCUT2D eigenvalue weighted by Gasteiger charge is 2.34. The first kappa shape index (κ1) is 21.8. The van der Waals surface area contributed by atoms with E-state index in [2.05, 4.69) is 22.5 Å². The summed E-state index contributed by atoms with van der Waals surface area (Å²) in [5, 5.41) is 6.43. The zero-order chi connectivity index (χ0) is 15.7. The molecule has 0 saturated carbocycles. The second-order valence-electron chi connectivity index (χ2n) is 5.59. The number of unbranched alkanes of at least 4 members (excludes halogenated alkanes) is 2. The largest absolute Gasteiger partial charge is 0.401 e. The van der Waals surface area contributed by atoms with Crippen molar-refractivity contribution in [2.75, 3.05) is 39.8 Å². The maximum Gasteiger partial charge on any atom is 0.401 e. The molecule has 22 heavy (non-hydrogen) atoms. The zero-order valence-corrected chi connectivity index (χ0v) is 15.7. The van der Waals surface area contributed by atoms with Crippen LogP contribution >= 0.6 is 24.0 Å². The van der Waals surface area contributed by atoms with E-state index < -0.39 is 12.7 Å². The Hall–Kier alpha value is -0.250. The molecule has 1 unspecified atom stereocenters. The van der Waals surface area contributed by atoms with Crippen molar-refractivity contribution in [3.63, 3.8) is 0 Å². The van der Waals surface area contributed by atoms with Gasteiger partial charge in [-0.05, 0) is 25.3 Å². The monoisotopic (exact) mass is 436 g/mol. The van der Waals surface area contributed by atoms with E-state index in [0.717, 1.165) is 25.3 Å². The molecule has 0 aromatic carbocycles. The Bertz CT molecular complexity index is 324. The number of hydrogen-bond donors (Lipinski definition) is 2. The topological polar surface area (TPSA) is 39.7 Å². The lowest BCUT2D eigenvalue weighted by Gasteiger charge is -2.18. The summed E-state index contributed by atoms with van der Waals surface area (Å²) >= 11 is 0. The molecule has 132 valence electrons. The molecule has 0 radical (unpaired) electrons. The van der Waals surface area contributed by atoms with Crippen LogP contribution < -0.4 is 10.6 Å². The van der Waals surface area contributed by atoms with Crippen molar-refractivity contribution in [3.8, 4) is 0 Å². The van der Waals surface area contributed by atoms with E-state index in [1.54, 1.807) is 7.05 Å². The van der Waals surface area contributed by atoms with Crippen molar-refractivity contribution in [1.82, 2.24) is 15.5 Å². The van der Waals surface area contributed by atoms with Gasteiger partial charge >= 0.3 is 6.18 Å². The Morgan fingerprint density at radius 3 is 2.59 bits per heavy atom. The highest BCUT2D eigenvalue weighted by Crippen LogP contribution is 2.22. The molecule has 1 fully saturated rings. The fraction of sp³-hybridized carbons (Fsp3) is 0.929. The average molecular weight is 436 g/mol. The number of nitrogens with zero attached hydrogens (tertiary/aromatic N) is 2. The number of nitrogens with one attached hydrogen (secondary N) is 2. The van der Waals surface area contributed by atoms with E-state index in [4.69, 9.17) is 0 Å². The highest BCUT2D eigenvalue weighted by molar-refractivity contribution is 14.0. The summed E-state index contributed by atoms with van der Waals surface area (Å²) in [5.74, 6) is 0.988. The van der Waals surface area contributed by atoms with Gasteiger partial charge in [0.25, 0.3) is 0 Å². The summed E-state index contributed by atoms with van der Waals surface area (Å²) in [6.45, 7) is 3.92. The molecular weight excluding hydrogens is 408 g/mol. The minimum atomic E-state index is -4.10. The predicted octanol–water partition coefficient (Wildman–Crippen LogP) is 2.84. The van der Waals surface area contributed by atoms with Crippen LogP contribution in [0.2, 0.25) is 0 Å². The van der Waals surface area contributed by atoms with Crippen LogP contribution in [0.25, 0.3) is 0 Å². The molecule has 0 aromatic rings. The molecule has 0 aliphatic carbocycles. The van der Waals surface area contributed by atoms with Gasteiger partial charge in [-0.25, -0.2) is 0 Å². The molecule has 1 atom stereocenters. The fourth-order valence-corrected chi connectivity index (χ4v) is 2.52. The van der Waals surface area contributed by atoms with Crippen molar-refractivity contribution < 1.29 is 13.2 Å². The van der Waals surface area contributed by atoms with Gasteiger partial charge in [0.05, 0.1) is 6.54 Å². The van der Waals surface area contributed by atoms with Crippen LogP contribution in [0.5, 0.6) is 0 Å². The van der Waals surface area contributed by atoms with Gasteiger partial charge in [0.1, 0.15) is 0 Å². The van der Waals surface area contributed by atoms with E-state index in [1.807, 2.05) is 0 Å². The maximum atomic E-state index is 12.3. The van der Waals surface area contributed by atoms with Crippen molar-refractivity contribution in [3.05, 3.63) is 0 Å². The Kier molecular flexibility index (Phi) is 11.2. The Labute approximate surface area is 148 Å². The lowest BCUT2D eigenvalue weighted by atomic mass is 10.1. The standard InChI is InChI=1S/C14H27F3N4.HI/c1-3-4-5-7-19-13(18-2)20-9-12-6-8-21(10-12)11-14(15,16)17;/h12H,3-11H2,1-2H3,(H2,18,19,20);1H. The Balaban J connectivity index is 0.00000441.